The molecule has 1 fully saturated rings. The number of nitrogens with zero attached hydrogens (tertiary/aromatic N) is 1. The molecular formula is C10H9NO5S. The molecule has 0 spiro atoms. The molecule has 90 valence electrons. The molecule has 1 atom stereocenters. The molecule has 0 aromatic rings. The zero-order chi connectivity index (χ0) is 12.6. The molecule has 2 aliphatic heterocycles. The Balaban J connectivity index is 2.26. The van der Waals surface area contributed by atoms with Crippen LogP contribution in [0.1, 0.15) is 6.42 Å². The maximum absolute atomic E-state index is 11.3. The number of esters is 1. The fraction of sp³-hybridized carbons (Fsp3) is 0.300. The predicted octanol–water partition coefficient (Wildman–Crippen LogP) is 0.317. The van der Waals surface area contributed by atoms with Crippen LogP contribution in [0.15, 0.2) is 22.8 Å². The molecule has 2 aliphatic rings. The van der Waals surface area contributed by atoms with E-state index in [1.165, 1.54) is 29.8 Å². The Kier molecular flexibility index (Phi) is 2.93. The summed E-state index contributed by atoms with van der Waals surface area (Å²) >= 11 is 1.26. The van der Waals surface area contributed by atoms with Crippen LogP contribution in [0.4, 0.5) is 0 Å². The van der Waals surface area contributed by atoms with E-state index in [4.69, 9.17) is 5.11 Å². The molecule has 0 aliphatic carbocycles. The summed E-state index contributed by atoms with van der Waals surface area (Å²) < 4.78 is 4.41. The minimum atomic E-state index is -1.17. The molecule has 0 aromatic heterocycles. The van der Waals surface area contributed by atoms with E-state index >= 15 is 0 Å². The Morgan fingerprint density at radius 3 is 2.82 bits per heavy atom. The van der Waals surface area contributed by atoms with Crippen LogP contribution in [-0.4, -0.2) is 40.3 Å². The summed E-state index contributed by atoms with van der Waals surface area (Å²) in [5.74, 6) is -1.94. The zero-order valence-electron chi connectivity index (χ0n) is 8.87. The topological polar surface area (TPSA) is 83.9 Å². The van der Waals surface area contributed by atoms with Gasteiger partial charge in [0.2, 0.25) is 5.91 Å². The quantitative estimate of drug-likeness (QED) is 0.444. The third-order valence-corrected chi connectivity index (χ3v) is 3.65. The van der Waals surface area contributed by atoms with Crippen molar-refractivity contribution in [2.45, 2.75) is 11.8 Å². The second-order valence-corrected chi connectivity index (χ2v) is 4.63. The highest BCUT2D eigenvalue weighted by atomic mass is 32.2. The van der Waals surface area contributed by atoms with Crippen LogP contribution in [0.3, 0.4) is 0 Å². The van der Waals surface area contributed by atoms with Crippen molar-refractivity contribution in [3.63, 3.8) is 0 Å². The Bertz CT molecular complexity index is 467. The minimum absolute atomic E-state index is 0.0589. The predicted molar refractivity (Wildman–Crippen MR) is 58.7 cm³/mol. The fourth-order valence-electron chi connectivity index (χ4n) is 1.61. The number of carbonyl (C=O) groups excluding carboxylic acids is 2. The van der Waals surface area contributed by atoms with Crippen molar-refractivity contribution in [3.05, 3.63) is 22.8 Å². The van der Waals surface area contributed by atoms with Crippen molar-refractivity contribution >= 4 is 29.6 Å². The molecule has 7 heteroatoms. The van der Waals surface area contributed by atoms with Gasteiger partial charge in [0.1, 0.15) is 5.70 Å². The molecule has 0 unspecified atom stereocenters. The van der Waals surface area contributed by atoms with E-state index in [-0.39, 0.29) is 17.0 Å². The van der Waals surface area contributed by atoms with Crippen molar-refractivity contribution in [2.75, 3.05) is 7.11 Å². The molecule has 6 nitrogen and oxygen atoms in total. The molecule has 1 N–H and O–H groups in total. The number of methoxy groups -OCH3 is 1. The second-order valence-electron chi connectivity index (χ2n) is 3.41. The lowest BCUT2D eigenvalue weighted by Gasteiger charge is -2.33. The summed E-state index contributed by atoms with van der Waals surface area (Å²) in [5, 5.41) is 8.88. The van der Waals surface area contributed by atoms with Crippen LogP contribution in [0.5, 0.6) is 0 Å². The Labute approximate surface area is 101 Å². The number of β-lactam (4-membered cyclic amide) rings is 1. The first-order valence-corrected chi connectivity index (χ1v) is 5.65. The number of hydrogen-bond donors (Lipinski definition) is 1. The van der Waals surface area contributed by atoms with Gasteiger partial charge in [-0.2, -0.15) is 0 Å². The number of thioether (sulfide) groups is 1. The number of ether oxygens (including phenoxy) is 1. The first-order chi connectivity index (χ1) is 8.04. The number of aliphatic carboxylic acids is 1. The van der Waals surface area contributed by atoms with Gasteiger partial charge in [0.05, 0.1) is 18.9 Å². The zero-order valence-corrected chi connectivity index (χ0v) is 9.69. The van der Waals surface area contributed by atoms with Gasteiger partial charge in [0.25, 0.3) is 0 Å². The van der Waals surface area contributed by atoms with E-state index in [2.05, 4.69) is 4.74 Å². The number of carboxylic acid groups (broad SMARTS) is 1. The van der Waals surface area contributed by atoms with E-state index in [0.29, 0.717) is 11.3 Å². The summed E-state index contributed by atoms with van der Waals surface area (Å²) in [6.45, 7) is 0. The molecule has 17 heavy (non-hydrogen) atoms. The first kappa shape index (κ1) is 11.7. The molecule has 1 saturated heterocycles. The maximum atomic E-state index is 11.3. The van der Waals surface area contributed by atoms with Gasteiger partial charge >= 0.3 is 11.9 Å². The Morgan fingerprint density at radius 2 is 2.29 bits per heavy atom. The smallest absolute Gasteiger partial charge is 0.353 e. The van der Waals surface area contributed by atoms with Crippen LogP contribution in [0.25, 0.3) is 0 Å². The highest BCUT2D eigenvalue weighted by molar-refractivity contribution is 8.04. The van der Waals surface area contributed by atoms with E-state index in [1.54, 1.807) is 0 Å². The highest BCUT2D eigenvalue weighted by Gasteiger charge is 2.47. The van der Waals surface area contributed by atoms with Gasteiger partial charge in [-0.05, 0) is 6.08 Å². The average Bonchev–Trinajstić information content (AvgIpc) is 2.58. The molecule has 2 rings (SSSR count). The van der Waals surface area contributed by atoms with Gasteiger partial charge < -0.3 is 9.84 Å². The SMILES string of the molecule is COC(=O)C=CC1=C(C(=O)O)N2C(=O)C[C@H]2S1. The van der Waals surface area contributed by atoms with Crippen LogP contribution in [-0.2, 0) is 19.1 Å². The molecule has 0 saturated carbocycles. The average molecular weight is 255 g/mol. The van der Waals surface area contributed by atoms with E-state index in [1.807, 2.05) is 0 Å². The third kappa shape index (κ3) is 1.93. The minimum Gasteiger partial charge on any atom is -0.477 e. The number of carbonyl (C=O) groups is 3. The number of allylic oxidation sites excluding steroid dienone is 1. The van der Waals surface area contributed by atoms with Gasteiger partial charge in [0.15, 0.2) is 0 Å². The number of rotatable bonds is 3. The maximum Gasteiger partial charge on any atom is 0.353 e. The molecule has 0 aromatic carbocycles. The standard InChI is InChI=1S/C10H9NO5S/c1-16-8(13)3-2-5-9(10(14)15)11-6(12)4-7(11)17-5/h2-3,7H,4H2,1H3,(H,14,15)/t7-/m1/s1. The molecular weight excluding hydrogens is 246 g/mol. The number of amides is 1. The molecule has 1 amide bonds. The Morgan fingerprint density at radius 1 is 1.59 bits per heavy atom. The Hall–Kier alpha value is -1.76. The van der Waals surface area contributed by atoms with E-state index in [9.17, 15) is 14.4 Å². The summed E-state index contributed by atoms with van der Waals surface area (Å²) in [6.07, 6.45) is 2.84. The number of hydrogen-bond acceptors (Lipinski definition) is 5. The van der Waals surface area contributed by atoms with Crippen molar-refractivity contribution in [2.24, 2.45) is 0 Å². The second kappa shape index (κ2) is 4.25. The molecule has 0 bridgehead atoms. The lowest BCUT2D eigenvalue weighted by molar-refractivity contribution is -0.145. The lowest BCUT2D eigenvalue weighted by Crippen LogP contribution is -2.48. The number of carboxylic acids is 1. The van der Waals surface area contributed by atoms with Crippen molar-refractivity contribution in [3.8, 4) is 0 Å². The van der Waals surface area contributed by atoms with Crippen molar-refractivity contribution in [1.29, 1.82) is 0 Å². The van der Waals surface area contributed by atoms with E-state index in [0.717, 1.165) is 6.08 Å². The summed E-state index contributed by atoms with van der Waals surface area (Å²) in [5.41, 5.74) is -0.0589. The van der Waals surface area contributed by atoms with Gasteiger partial charge in [0, 0.05) is 11.0 Å². The van der Waals surface area contributed by atoms with Crippen molar-refractivity contribution < 1.29 is 24.2 Å². The van der Waals surface area contributed by atoms with E-state index < -0.39 is 11.9 Å². The van der Waals surface area contributed by atoms with Gasteiger partial charge in [-0.15, -0.1) is 0 Å². The van der Waals surface area contributed by atoms with Gasteiger partial charge in [-0.1, -0.05) is 11.8 Å². The van der Waals surface area contributed by atoms with Crippen LogP contribution in [0, 0.1) is 0 Å². The summed E-state index contributed by atoms with van der Waals surface area (Å²) in [7, 11) is 1.23. The largest absolute Gasteiger partial charge is 0.477 e. The van der Waals surface area contributed by atoms with Gasteiger partial charge in [-0.25, -0.2) is 9.59 Å². The van der Waals surface area contributed by atoms with Gasteiger partial charge in [-0.3, -0.25) is 9.69 Å². The molecule has 0 radical (unpaired) electrons. The monoisotopic (exact) mass is 255 g/mol. The first-order valence-electron chi connectivity index (χ1n) is 4.77. The van der Waals surface area contributed by atoms with Crippen molar-refractivity contribution in [1.82, 2.24) is 4.90 Å². The summed E-state index contributed by atoms with van der Waals surface area (Å²) in [6, 6.07) is 0. The number of fused-ring (bicyclic) bond motifs is 1. The summed E-state index contributed by atoms with van der Waals surface area (Å²) in [4.78, 5) is 34.9. The normalized spacial score (nSPS) is 22.8. The third-order valence-electron chi connectivity index (χ3n) is 2.42. The van der Waals surface area contributed by atoms with Crippen LogP contribution >= 0.6 is 11.8 Å². The lowest BCUT2D eigenvalue weighted by atomic mass is 10.1. The molecule has 2 heterocycles. The highest BCUT2D eigenvalue weighted by Crippen LogP contribution is 2.46. The van der Waals surface area contributed by atoms with Crippen LogP contribution < -0.4 is 0 Å². The fourth-order valence-corrected chi connectivity index (χ4v) is 2.90. The van der Waals surface area contributed by atoms with Crippen LogP contribution in [0.2, 0.25) is 0 Å².